The van der Waals surface area contributed by atoms with Gasteiger partial charge in [0.05, 0.1) is 18.1 Å². The molecule has 0 aliphatic carbocycles. The number of anilines is 2. The van der Waals surface area contributed by atoms with E-state index in [1.807, 2.05) is 12.4 Å². The maximum Gasteiger partial charge on any atom is 0.242 e. The Morgan fingerprint density at radius 2 is 1.92 bits per heavy atom. The molecule has 9 heteroatoms. The van der Waals surface area contributed by atoms with E-state index in [2.05, 4.69) is 20.2 Å². The molecule has 1 saturated heterocycles. The average Bonchev–Trinajstić information content (AvgIpc) is 3.29. The van der Waals surface area contributed by atoms with Gasteiger partial charge in [-0.3, -0.25) is 0 Å². The number of nitrogens with two attached hydrogens (primary N) is 1. The number of ether oxygens (including phenoxy) is 2. The van der Waals surface area contributed by atoms with Gasteiger partial charge in [-0.1, -0.05) is 11.6 Å². The van der Waals surface area contributed by atoms with Gasteiger partial charge in [0.15, 0.2) is 11.0 Å². The lowest BCUT2D eigenvalue weighted by Gasteiger charge is -2.34. The topological polar surface area (TPSA) is 91.3 Å². The molecule has 0 amide bonds. The lowest BCUT2D eigenvalue weighted by atomic mass is 9.96. The van der Waals surface area contributed by atoms with Crippen LogP contribution in [-0.4, -0.2) is 39.4 Å². The Bertz CT molecular complexity index is 748. The molecule has 0 bridgehead atoms. The van der Waals surface area contributed by atoms with Crippen LogP contribution in [0.5, 0.6) is 0 Å². The summed E-state index contributed by atoms with van der Waals surface area (Å²) in [7, 11) is 0. The molecule has 1 fully saturated rings. The first kappa shape index (κ1) is 15.1. The second-order valence-electron chi connectivity index (χ2n) is 5.82. The molecular formula is C15H17ClN6O2. The van der Waals surface area contributed by atoms with Gasteiger partial charge >= 0.3 is 0 Å². The molecule has 4 heterocycles. The Hall–Kier alpha value is -2.48. The summed E-state index contributed by atoms with van der Waals surface area (Å²) in [6.07, 6.45) is 8.83. The van der Waals surface area contributed by atoms with Gasteiger partial charge in [0.1, 0.15) is 18.2 Å². The first-order chi connectivity index (χ1) is 11.7. The van der Waals surface area contributed by atoms with Gasteiger partial charge in [-0.15, -0.1) is 10.2 Å². The van der Waals surface area contributed by atoms with Gasteiger partial charge in [-0.2, -0.15) is 5.10 Å². The molecule has 0 radical (unpaired) electrons. The average molecular weight is 349 g/mol. The molecule has 0 saturated carbocycles. The van der Waals surface area contributed by atoms with Crippen LogP contribution in [0.1, 0.15) is 12.8 Å². The van der Waals surface area contributed by atoms with Crippen molar-refractivity contribution in [1.29, 1.82) is 0 Å². The molecule has 0 aromatic carbocycles. The Balaban J connectivity index is 1.45. The van der Waals surface area contributed by atoms with Crippen LogP contribution in [0.4, 0.5) is 11.5 Å². The largest absolute Gasteiger partial charge is 0.459 e. The second kappa shape index (κ2) is 6.20. The molecule has 4 rings (SSSR count). The van der Waals surface area contributed by atoms with Crippen molar-refractivity contribution in [2.75, 3.05) is 23.7 Å². The van der Waals surface area contributed by atoms with E-state index in [1.54, 1.807) is 23.3 Å². The summed E-state index contributed by atoms with van der Waals surface area (Å²) < 4.78 is 12.6. The van der Waals surface area contributed by atoms with Gasteiger partial charge in [-0.05, 0) is 12.8 Å². The molecule has 2 N–H and O–H groups in total. The fraction of sp³-hybridized carbons (Fsp3) is 0.400. The highest BCUT2D eigenvalue weighted by atomic mass is 35.5. The van der Waals surface area contributed by atoms with Crippen LogP contribution < -0.4 is 10.6 Å². The van der Waals surface area contributed by atoms with Crippen molar-refractivity contribution in [3.63, 3.8) is 0 Å². The van der Waals surface area contributed by atoms with E-state index < -0.39 is 0 Å². The summed E-state index contributed by atoms with van der Waals surface area (Å²) in [5.41, 5.74) is 7.51. The lowest BCUT2D eigenvalue weighted by molar-refractivity contribution is -0.0728. The third-order valence-corrected chi connectivity index (χ3v) is 4.54. The van der Waals surface area contributed by atoms with E-state index in [-0.39, 0.29) is 17.3 Å². The third kappa shape index (κ3) is 2.84. The van der Waals surface area contributed by atoms with Crippen LogP contribution in [0.25, 0.3) is 5.69 Å². The first-order valence-electron chi connectivity index (χ1n) is 7.75. The monoisotopic (exact) mass is 348 g/mol. The number of hydrogen-bond acceptors (Lipinski definition) is 7. The highest BCUT2D eigenvalue weighted by molar-refractivity contribution is 6.29. The minimum absolute atomic E-state index is 0.139. The molecule has 0 unspecified atom stereocenters. The predicted octanol–water partition coefficient (Wildman–Crippen LogP) is 1.96. The molecular weight excluding hydrogens is 332 g/mol. The van der Waals surface area contributed by atoms with Crippen molar-refractivity contribution in [2.45, 2.75) is 19.1 Å². The van der Waals surface area contributed by atoms with Crippen LogP contribution in [0.15, 0.2) is 31.0 Å². The highest BCUT2D eigenvalue weighted by Gasteiger charge is 2.30. The van der Waals surface area contributed by atoms with E-state index in [9.17, 15) is 0 Å². The summed E-state index contributed by atoms with van der Waals surface area (Å²) in [5, 5.41) is 12.2. The molecule has 8 nitrogen and oxygen atoms in total. The van der Waals surface area contributed by atoms with Crippen molar-refractivity contribution in [3.05, 3.63) is 36.1 Å². The predicted molar refractivity (Wildman–Crippen MR) is 88.6 cm³/mol. The molecule has 2 aromatic heterocycles. The fourth-order valence-electron chi connectivity index (χ4n) is 3.06. The molecule has 2 aliphatic rings. The standard InChI is InChI=1S/C15H17ClN6O2/c16-13-7-12(14(17)20-19-13)22-9-11(8-18-22)21-3-1-10(2-4-21)15-23-5-6-24-15/h5-10,15H,1-4H2,(H2,17,20). The van der Waals surface area contributed by atoms with Crippen LogP contribution >= 0.6 is 11.6 Å². The number of nitrogen functional groups attached to an aromatic ring is 1. The molecule has 0 atom stereocenters. The third-order valence-electron chi connectivity index (χ3n) is 4.36. The SMILES string of the molecule is Nc1nnc(Cl)cc1-n1cc(N2CCC(C3OC=CO3)CC2)cn1. The second-order valence-corrected chi connectivity index (χ2v) is 6.21. The summed E-state index contributed by atoms with van der Waals surface area (Å²) in [6, 6.07) is 1.65. The zero-order valence-electron chi connectivity index (χ0n) is 12.9. The van der Waals surface area contributed by atoms with E-state index in [0.29, 0.717) is 11.6 Å². The molecule has 24 heavy (non-hydrogen) atoms. The normalized spacial score (nSPS) is 18.6. The zero-order chi connectivity index (χ0) is 16.5. The van der Waals surface area contributed by atoms with Crippen molar-refractivity contribution in [2.24, 2.45) is 5.92 Å². The maximum absolute atomic E-state index is 5.89. The maximum atomic E-state index is 5.89. The number of hydrogen-bond donors (Lipinski definition) is 1. The smallest absolute Gasteiger partial charge is 0.242 e. The van der Waals surface area contributed by atoms with E-state index >= 15 is 0 Å². The molecule has 2 aliphatic heterocycles. The Kier molecular flexibility index (Phi) is 3.89. The lowest BCUT2D eigenvalue weighted by Crippen LogP contribution is -2.38. The van der Waals surface area contributed by atoms with Crippen molar-refractivity contribution < 1.29 is 9.47 Å². The number of halogens is 1. The van der Waals surface area contributed by atoms with Crippen molar-refractivity contribution >= 4 is 23.1 Å². The van der Waals surface area contributed by atoms with E-state index in [0.717, 1.165) is 31.6 Å². The Labute approximate surface area is 143 Å². The van der Waals surface area contributed by atoms with Crippen molar-refractivity contribution in [3.8, 4) is 5.69 Å². The summed E-state index contributed by atoms with van der Waals surface area (Å²) in [4.78, 5) is 2.29. The van der Waals surface area contributed by atoms with Gasteiger partial charge in [0.25, 0.3) is 0 Å². The Morgan fingerprint density at radius 1 is 1.17 bits per heavy atom. The minimum Gasteiger partial charge on any atom is -0.459 e. The zero-order valence-corrected chi connectivity index (χ0v) is 13.6. The first-order valence-corrected chi connectivity index (χ1v) is 8.13. The molecule has 2 aromatic rings. The summed E-state index contributed by atoms with van der Waals surface area (Å²) in [5.74, 6) is 0.695. The number of piperidine rings is 1. The minimum atomic E-state index is -0.139. The van der Waals surface area contributed by atoms with Gasteiger partial charge in [0, 0.05) is 25.1 Å². The number of rotatable bonds is 3. The fourth-order valence-corrected chi connectivity index (χ4v) is 3.20. The molecule has 0 spiro atoms. The number of aromatic nitrogens is 4. The Morgan fingerprint density at radius 3 is 2.67 bits per heavy atom. The van der Waals surface area contributed by atoms with E-state index in [1.165, 1.54) is 0 Å². The van der Waals surface area contributed by atoms with Crippen LogP contribution in [0.3, 0.4) is 0 Å². The quantitative estimate of drug-likeness (QED) is 0.906. The van der Waals surface area contributed by atoms with Gasteiger partial charge in [0.2, 0.25) is 6.29 Å². The van der Waals surface area contributed by atoms with Crippen LogP contribution in [0.2, 0.25) is 5.15 Å². The number of nitrogens with zero attached hydrogens (tertiary/aromatic N) is 5. The van der Waals surface area contributed by atoms with Crippen LogP contribution in [0, 0.1) is 5.92 Å². The summed E-state index contributed by atoms with van der Waals surface area (Å²) in [6.45, 7) is 1.84. The van der Waals surface area contributed by atoms with E-state index in [4.69, 9.17) is 26.8 Å². The van der Waals surface area contributed by atoms with Gasteiger partial charge in [-0.25, -0.2) is 4.68 Å². The van der Waals surface area contributed by atoms with Crippen molar-refractivity contribution in [1.82, 2.24) is 20.0 Å². The molecule has 126 valence electrons. The van der Waals surface area contributed by atoms with Crippen LogP contribution in [-0.2, 0) is 9.47 Å². The highest BCUT2D eigenvalue weighted by Crippen LogP contribution is 2.29. The van der Waals surface area contributed by atoms with Gasteiger partial charge < -0.3 is 20.1 Å². The summed E-state index contributed by atoms with van der Waals surface area (Å²) >= 11 is 5.89.